The Bertz CT molecular complexity index is 682. The zero-order chi connectivity index (χ0) is 15.0. The highest BCUT2D eigenvalue weighted by atomic mass is 19.2. The van der Waals surface area contributed by atoms with Gasteiger partial charge in [-0.3, -0.25) is 4.79 Å². The van der Waals surface area contributed by atoms with Gasteiger partial charge in [-0.1, -0.05) is 6.07 Å². The normalized spacial score (nSPS) is 10.7. The summed E-state index contributed by atoms with van der Waals surface area (Å²) in [4.78, 5) is 12.3. The molecule has 0 atom stereocenters. The summed E-state index contributed by atoms with van der Waals surface area (Å²) in [7, 11) is 0. The van der Waals surface area contributed by atoms with E-state index in [0.717, 1.165) is 23.3 Å². The predicted molar refractivity (Wildman–Crippen MR) is 70.4 cm³/mol. The van der Waals surface area contributed by atoms with Gasteiger partial charge >= 0.3 is 0 Å². The van der Waals surface area contributed by atoms with Gasteiger partial charge in [-0.25, -0.2) is 13.2 Å². The molecule has 0 aliphatic carbocycles. The Hall–Kier alpha value is -2.10. The monoisotopic (exact) mass is 278 g/mol. The van der Waals surface area contributed by atoms with Gasteiger partial charge in [0.2, 0.25) is 0 Å². The number of carbonyl (C=O) groups excluding carboxylic acids is 1. The fraction of sp³-hybridized carbons (Fsp3) is 0.188. The van der Waals surface area contributed by atoms with Crippen LogP contribution >= 0.6 is 0 Å². The fourth-order valence-corrected chi connectivity index (χ4v) is 2.05. The van der Waals surface area contributed by atoms with Gasteiger partial charge < -0.3 is 0 Å². The van der Waals surface area contributed by atoms with Crippen LogP contribution in [-0.4, -0.2) is 5.78 Å². The number of carbonyl (C=O) groups is 1. The maximum atomic E-state index is 13.2. The molecule has 0 amide bonds. The van der Waals surface area contributed by atoms with Gasteiger partial charge in [0.25, 0.3) is 0 Å². The molecule has 0 saturated carbocycles. The second-order valence-electron chi connectivity index (χ2n) is 4.83. The first-order chi connectivity index (χ1) is 9.31. The molecule has 0 saturated heterocycles. The number of halogens is 3. The summed E-state index contributed by atoms with van der Waals surface area (Å²) in [6, 6.07) is 4.94. The van der Waals surface area contributed by atoms with Crippen molar-refractivity contribution in [2.24, 2.45) is 0 Å². The minimum atomic E-state index is -1.57. The van der Waals surface area contributed by atoms with Crippen molar-refractivity contribution in [3.8, 4) is 0 Å². The van der Waals surface area contributed by atoms with Crippen LogP contribution in [-0.2, 0) is 0 Å². The third-order valence-corrected chi connectivity index (χ3v) is 3.33. The lowest BCUT2D eigenvalue weighted by Gasteiger charge is -2.09. The average Bonchev–Trinajstić information content (AvgIpc) is 2.38. The van der Waals surface area contributed by atoms with Gasteiger partial charge in [-0.15, -0.1) is 0 Å². The topological polar surface area (TPSA) is 17.1 Å². The summed E-state index contributed by atoms with van der Waals surface area (Å²) in [5.74, 6) is -4.83. The molecule has 4 heteroatoms. The lowest BCUT2D eigenvalue weighted by molar-refractivity contribution is 0.103. The van der Waals surface area contributed by atoms with E-state index in [0.29, 0.717) is 11.1 Å². The van der Waals surface area contributed by atoms with Crippen molar-refractivity contribution < 1.29 is 18.0 Å². The Morgan fingerprint density at radius 2 is 1.30 bits per heavy atom. The van der Waals surface area contributed by atoms with Crippen molar-refractivity contribution in [3.63, 3.8) is 0 Å². The van der Waals surface area contributed by atoms with Crippen molar-refractivity contribution >= 4 is 5.78 Å². The second kappa shape index (κ2) is 5.12. The molecule has 0 N–H and O–H groups in total. The molecule has 0 heterocycles. The lowest BCUT2D eigenvalue weighted by atomic mass is 9.94. The van der Waals surface area contributed by atoms with Crippen molar-refractivity contribution in [2.45, 2.75) is 20.8 Å². The molecule has 0 fully saturated rings. The van der Waals surface area contributed by atoms with Crippen LogP contribution < -0.4 is 0 Å². The number of hydrogen-bond acceptors (Lipinski definition) is 1. The molecule has 0 unspecified atom stereocenters. The summed E-state index contributed by atoms with van der Waals surface area (Å²) in [5.41, 5.74) is 2.80. The van der Waals surface area contributed by atoms with Crippen LogP contribution in [0.3, 0.4) is 0 Å². The van der Waals surface area contributed by atoms with Crippen LogP contribution in [0.15, 0.2) is 24.3 Å². The molecule has 0 aliphatic rings. The van der Waals surface area contributed by atoms with Gasteiger partial charge in [0.05, 0.1) is 0 Å². The Morgan fingerprint density at radius 1 is 0.800 bits per heavy atom. The highest BCUT2D eigenvalue weighted by Gasteiger charge is 2.18. The van der Waals surface area contributed by atoms with Gasteiger partial charge in [-0.05, 0) is 55.7 Å². The zero-order valence-corrected chi connectivity index (χ0v) is 11.4. The smallest absolute Gasteiger partial charge is 0.194 e. The predicted octanol–water partition coefficient (Wildman–Crippen LogP) is 4.26. The van der Waals surface area contributed by atoms with Crippen molar-refractivity contribution in [2.75, 3.05) is 0 Å². The van der Waals surface area contributed by atoms with E-state index < -0.39 is 23.2 Å². The van der Waals surface area contributed by atoms with Crippen LogP contribution in [0.5, 0.6) is 0 Å². The van der Waals surface area contributed by atoms with Crippen LogP contribution in [0.25, 0.3) is 0 Å². The van der Waals surface area contributed by atoms with E-state index in [1.807, 2.05) is 19.9 Å². The second-order valence-corrected chi connectivity index (χ2v) is 4.83. The number of rotatable bonds is 2. The van der Waals surface area contributed by atoms with Gasteiger partial charge in [-0.2, -0.15) is 0 Å². The molecule has 104 valence electrons. The zero-order valence-electron chi connectivity index (χ0n) is 11.4. The number of hydrogen-bond donors (Lipinski definition) is 0. The van der Waals surface area contributed by atoms with E-state index in [9.17, 15) is 18.0 Å². The summed E-state index contributed by atoms with van der Waals surface area (Å²) in [6.45, 7) is 5.50. The van der Waals surface area contributed by atoms with Gasteiger partial charge in [0, 0.05) is 11.1 Å². The Kier molecular flexibility index (Phi) is 3.66. The maximum absolute atomic E-state index is 13.2. The molecule has 0 aliphatic heterocycles. The first kappa shape index (κ1) is 14.3. The van der Waals surface area contributed by atoms with Crippen LogP contribution in [0.4, 0.5) is 13.2 Å². The summed E-state index contributed by atoms with van der Waals surface area (Å²) in [5, 5.41) is 0. The summed E-state index contributed by atoms with van der Waals surface area (Å²) >= 11 is 0. The van der Waals surface area contributed by atoms with Crippen LogP contribution in [0, 0.1) is 38.2 Å². The highest BCUT2D eigenvalue weighted by Crippen LogP contribution is 2.21. The van der Waals surface area contributed by atoms with E-state index >= 15 is 0 Å². The highest BCUT2D eigenvalue weighted by molar-refractivity contribution is 6.10. The molecular formula is C16H13F3O. The molecule has 0 aromatic heterocycles. The third-order valence-electron chi connectivity index (χ3n) is 3.33. The van der Waals surface area contributed by atoms with E-state index in [1.54, 1.807) is 13.0 Å². The fourth-order valence-electron chi connectivity index (χ4n) is 2.05. The third kappa shape index (κ3) is 2.46. The number of ketones is 1. The lowest BCUT2D eigenvalue weighted by Crippen LogP contribution is -2.07. The SMILES string of the molecule is Cc1cc(C)c(C(=O)c2cc(F)c(F)c(F)c2)cc1C. The quantitative estimate of drug-likeness (QED) is 0.592. The number of aryl methyl sites for hydroxylation is 3. The molecule has 2 rings (SSSR count). The molecule has 2 aromatic carbocycles. The largest absolute Gasteiger partial charge is 0.289 e. The maximum Gasteiger partial charge on any atom is 0.194 e. The Morgan fingerprint density at radius 3 is 1.85 bits per heavy atom. The standard InChI is InChI=1S/C16H13F3O/c1-8-4-10(3)12(5-9(8)2)16(20)11-6-13(17)15(19)14(18)7-11/h4-7H,1-3H3. The molecule has 2 aromatic rings. The molecule has 0 spiro atoms. The van der Waals surface area contributed by atoms with Gasteiger partial charge in [0.1, 0.15) is 0 Å². The average molecular weight is 278 g/mol. The van der Waals surface area contributed by atoms with E-state index in [-0.39, 0.29) is 5.56 Å². The van der Waals surface area contributed by atoms with Crippen molar-refractivity contribution in [1.29, 1.82) is 0 Å². The van der Waals surface area contributed by atoms with Crippen LogP contribution in [0.1, 0.15) is 32.6 Å². The minimum Gasteiger partial charge on any atom is -0.289 e. The van der Waals surface area contributed by atoms with Gasteiger partial charge in [0.15, 0.2) is 23.2 Å². The summed E-state index contributed by atoms with van der Waals surface area (Å²) in [6.07, 6.45) is 0. The number of benzene rings is 2. The first-order valence-corrected chi connectivity index (χ1v) is 6.08. The molecule has 0 radical (unpaired) electrons. The Labute approximate surface area is 115 Å². The molecule has 1 nitrogen and oxygen atoms in total. The van der Waals surface area contributed by atoms with E-state index in [4.69, 9.17) is 0 Å². The molecular weight excluding hydrogens is 265 g/mol. The van der Waals surface area contributed by atoms with Crippen molar-refractivity contribution in [3.05, 3.63) is 69.5 Å². The van der Waals surface area contributed by atoms with E-state index in [1.165, 1.54) is 0 Å². The van der Waals surface area contributed by atoms with Crippen LogP contribution in [0.2, 0.25) is 0 Å². The van der Waals surface area contributed by atoms with Crippen molar-refractivity contribution in [1.82, 2.24) is 0 Å². The Balaban J connectivity index is 2.55. The summed E-state index contributed by atoms with van der Waals surface area (Å²) < 4.78 is 39.3. The molecule has 20 heavy (non-hydrogen) atoms. The molecule has 0 bridgehead atoms. The minimum absolute atomic E-state index is 0.201. The first-order valence-electron chi connectivity index (χ1n) is 6.08. The van der Waals surface area contributed by atoms with E-state index in [2.05, 4.69) is 0 Å².